The third-order valence-corrected chi connectivity index (χ3v) is 7.00. The van der Waals surface area contributed by atoms with Crippen LogP contribution in [0.4, 0.5) is 11.4 Å². The summed E-state index contributed by atoms with van der Waals surface area (Å²) in [5.41, 5.74) is 4.95. The van der Waals surface area contributed by atoms with E-state index in [2.05, 4.69) is 10.6 Å². The molecule has 3 aromatic carbocycles. The number of hydrogen-bond donors (Lipinski definition) is 3. The largest absolute Gasteiger partial charge is 0.504 e. The Balaban J connectivity index is 1.60. The zero-order chi connectivity index (χ0) is 26.1. The van der Waals surface area contributed by atoms with E-state index in [0.717, 1.165) is 28.2 Å². The van der Waals surface area contributed by atoms with E-state index in [4.69, 9.17) is 18.9 Å². The van der Waals surface area contributed by atoms with E-state index in [1.165, 1.54) is 7.11 Å². The number of carbonyl (C=O) groups excluding carboxylic acids is 1. The van der Waals surface area contributed by atoms with Crippen LogP contribution in [0.3, 0.4) is 0 Å². The lowest BCUT2D eigenvalue weighted by Crippen LogP contribution is -2.27. The number of nitrogens with one attached hydrogen (secondary N) is 2. The summed E-state index contributed by atoms with van der Waals surface area (Å²) >= 11 is 0. The molecule has 0 fully saturated rings. The number of ketones is 1. The highest BCUT2D eigenvalue weighted by Gasteiger charge is 2.37. The first-order valence-electron chi connectivity index (χ1n) is 12.0. The lowest BCUT2D eigenvalue weighted by atomic mass is 9.78. The molecule has 0 amide bonds. The van der Waals surface area contributed by atoms with E-state index in [0.29, 0.717) is 41.4 Å². The molecule has 0 bridgehead atoms. The van der Waals surface area contributed by atoms with Crippen LogP contribution in [0.15, 0.2) is 65.9 Å². The number of methoxy groups -OCH3 is 4. The van der Waals surface area contributed by atoms with Crippen LogP contribution >= 0.6 is 0 Å². The maximum atomic E-state index is 13.8. The average molecular weight is 503 g/mol. The summed E-state index contributed by atoms with van der Waals surface area (Å²) in [7, 11) is 6.24. The first kappa shape index (κ1) is 24.4. The fraction of sp³-hybridized carbons (Fsp3) is 0.276. The Morgan fingerprint density at radius 2 is 1.46 bits per heavy atom. The number of rotatable bonds is 6. The van der Waals surface area contributed by atoms with Crippen LogP contribution in [0.2, 0.25) is 0 Å². The van der Waals surface area contributed by atoms with Gasteiger partial charge in [-0.2, -0.15) is 0 Å². The van der Waals surface area contributed by atoms with Crippen LogP contribution < -0.4 is 29.6 Å². The molecule has 0 radical (unpaired) electrons. The van der Waals surface area contributed by atoms with Crippen LogP contribution in [-0.4, -0.2) is 39.3 Å². The molecule has 192 valence electrons. The van der Waals surface area contributed by atoms with Gasteiger partial charge in [0.15, 0.2) is 28.8 Å². The van der Waals surface area contributed by atoms with E-state index in [-0.39, 0.29) is 17.5 Å². The first-order chi connectivity index (χ1) is 18.0. The van der Waals surface area contributed by atoms with Gasteiger partial charge < -0.3 is 34.7 Å². The second-order valence-electron chi connectivity index (χ2n) is 9.06. The van der Waals surface area contributed by atoms with Gasteiger partial charge in [0, 0.05) is 17.7 Å². The summed E-state index contributed by atoms with van der Waals surface area (Å²) in [6.07, 6.45) is 0.921. The second kappa shape index (κ2) is 9.97. The number of fused-ring (bicyclic) bond motifs is 1. The van der Waals surface area contributed by atoms with Crippen molar-refractivity contribution in [2.24, 2.45) is 0 Å². The van der Waals surface area contributed by atoms with Crippen molar-refractivity contribution in [3.63, 3.8) is 0 Å². The molecule has 2 atom stereocenters. The SMILES string of the molecule is COc1ccc(C2Nc3ccccc3NC3=C2C(=O)CC(c2cc(OC)c(OC)c(OC)c2)C3)cc1O. The van der Waals surface area contributed by atoms with Crippen LogP contribution in [-0.2, 0) is 4.79 Å². The highest BCUT2D eigenvalue weighted by molar-refractivity contribution is 6.01. The zero-order valence-corrected chi connectivity index (χ0v) is 21.3. The molecule has 3 N–H and O–H groups in total. The molecular weight excluding hydrogens is 472 g/mol. The summed E-state index contributed by atoms with van der Waals surface area (Å²) in [6.45, 7) is 0. The van der Waals surface area contributed by atoms with Gasteiger partial charge in [-0.1, -0.05) is 18.2 Å². The van der Waals surface area contributed by atoms with Gasteiger partial charge in [-0.05, 0) is 59.9 Å². The Morgan fingerprint density at radius 3 is 2.08 bits per heavy atom. The van der Waals surface area contributed by atoms with Gasteiger partial charge in [0.2, 0.25) is 5.75 Å². The van der Waals surface area contributed by atoms with Crippen molar-refractivity contribution >= 4 is 17.2 Å². The third kappa shape index (κ3) is 4.39. The predicted octanol–water partition coefficient (Wildman–Crippen LogP) is 5.41. The number of carbonyl (C=O) groups is 1. The molecule has 2 aliphatic rings. The van der Waals surface area contributed by atoms with Gasteiger partial charge >= 0.3 is 0 Å². The lowest BCUT2D eigenvalue weighted by molar-refractivity contribution is -0.116. The number of phenolic OH excluding ortho intramolecular Hbond substituents is 1. The van der Waals surface area contributed by atoms with Crippen molar-refractivity contribution in [2.45, 2.75) is 24.8 Å². The molecule has 0 saturated heterocycles. The Morgan fingerprint density at radius 1 is 0.784 bits per heavy atom. The molecule has 8 heteroatoms. The third-order valence-electron chi connectivity index (χ3n) is 7.00. The summed E-state index contributed by atoms with van der Waals surface area (Å²) < 4.78 is 21.8. The van der Waals surface area contributed by atoms with Gasteiger partial charge in [-0.3, -0.25) is 4.79 Å². The molecule has 37 heavy (non-hydrogen) atoms. The molecule has 0 saturated carbocycles. The molecule has 3 aromatic rings. The highest BCUT2D eigenvalue weighted by Crippen LogP contribution is 2.47. The normalized spacial score (nSPS) is 18.5. The van der Waals surface area contributed by atoms with E-state index in [9.17, 15) is 9.90 Å². The molecule has 1 aliphatic carbocycles. The number of aromatic hydroxyl groups is 1. The van der Waals surface area contributed by atoms with Crippen molar-refractivity contribution in [3.05, 3.63) is 77.0 Å². The number of para-hydroxylation sites is 2. The maximum Gasteiger partial charge on any atom is 0.203 e. The number of phenols is 1. The van der Waals surface area contributed by atoms with Crippen molar-refractivity contribution in [1.29, 1.82) is 0 Å². The first-order valence-corrected chi connectivity index (χ1v) is 12.0. The molecule has 2 unspecified atom stereocenters. The monoisotopic (exact) mass is 502 g/mol. The molecule has 1 aliphatic heterocycles. The highest BCUT2D eigenvalue weighted by atomic mass is 16.5. The predicted molar refractivity (Wildman–Crippen MR) is 141 cm³/mol. The minimum Gasteiger partial charge on any atom is -0.504 e. The minimum atomic E-state index is -0.448. The standard InChI is InChI=1S/C29H30N2O6/c1-34-24-10-9-16(12-22(24)32)28-27-21(30-19-7-5-6-8-20(19)31-28)11-17(13-23(27)33)18-14-25(35-2)29(37-4)26(15-18)36-3/h5-10,12,14-15,17,28,30-32H,11,13H2,1-4H3. The van der Waals surface area contributed by atoms with Crippen molar-refractivity contribution in [1.82, 2.24) is 0 Å². The number of ether oxygens (including phenoxy) is 4. The fourth-order valence-corrected chi connectivity index (χ4v) is 5.20. The van der Waals surface area contributed by atoms with Gasteiger partial charge in [-0.15, -0.1) is 0 Å². The van der Waals surface area contributed by atoms with Crippen LogP contribution in [0.25, 0.3) is 0 Å². The van der Waals surface area contributed by atoms with E-state index in [1.807, 2.05) is 42.5 Å². The molecule has 0 aromatic heterocycles. The number of allylic oxidation sites excluding steroid dienone is 1. The smallest absolute Gasteiger partial charge is 0.203 e. The quantitative estimate of drug-likeness (QED) is 0.412. The number of anilines is 2. The van der Waals surface area contributed by atoms with Gasteiger partial charge in [0.1, 0.15) is 0 Å². The number of hydrogen-bond acceptors (Lipinski definition) is 8. The van der Waals surface area contributed by atoms with E-state index >= 15 is 0 Å². The van der Waals surface area contributed by atoms with Gasteiger partial charge in [0.05, 0.1) is 45.9 Å². The molecule has 0 spiro atoms. The topological polar surface area (TPSA) is 98.3 Å². The Kier molecular flexibility index (Phi) is 6.56. The molecular formula is C29H30N2O6. The average Bonchev–Trinajstić information content (AvgIpc) is 3.09. The van der Waals surface area contributed by atoms with E-state index in [1.54, 1.807) is 33.5 Å². The van der Waals surface area contributed by atoms with Crippen molar-refractivity contribution in [2.75, 3.05) is 39.1 Å². The fourth-order valence-electron chi connectivity index (χ4n) is 5.20. The number of benzene rings is 3. The second-order valence-corrected chi connectivity index (χ2v) is 9.06. The van der Waals surface area contributed by atoms with Crippen LogP contribution in [0.5, 0.6) is 28.7 Å². The van der Waals surface area contributed by atoms with Gasteiger partial charge in [0.25, 0.3) is 0 Å². The molecule has 1 heterocycles. The molecule has 8 nitrogen and oxygen atoms in total. The zero-order valence-electron chi connectivity index (χ0n) is 21.3. The Bertz CT molecular complexity index is 1360. The number of Topliss-reactive ketones (excluding diaryl/α,β-unsaturated/α-hetero) is 1. The summed E-state index contributed by atoms with van der Waals surface area (Å²) in [6, 6.07) is 16.4. The van der Waals surface area contributed by atoms with E-state index < -0.39 is 6.04 Å². The molecule has 5 rings (SSSR count). The van der Waals surface area contributed by atoms with Crippen molar-refractivity contribution < 1.29 is 28.8 Å². The summed E-state index contributed by atoms with van der Waals surface area (Å²) in [5, 5.41) is 17.5. The van der Waals surface area contributed by atoms with Crippen molar-refractivity contribution in [3.8, 4) is 28.7 Å². The van der Waals surface area contributed by atoms with Gasteiger partial charge in [-0.25, -0.2) is 0 Å². The lowest BCUT2D eigenvalue weighted by Gasteiger charge is -2.30. The minimum absolute atomic E-state index is 0.0213. The Labute approximate surface area is 215 Å². The maximum absolute atomic E-state index is 13.8. The van der Waals surface area contributed by atoms with Crippen LogP contribution in [0.1, 0.15) is 35.9 Å². The summed E-state index contributed by atoms with van der Waals surface area (Å²) in [5.74, 6) is 1.94. The van der Waals surface area contributed by atoms with Crippen LogP contribution in [0, 0.1) is 0 Å². The summed E-state index contributed by atoms with van der Waals surface area (Å²) in [4.78, 5) is 13.8. The Hall–Kier alpha value is -4.33.